The Kier molecular flexibility index (Phi) is 7.36. The molecule has 0 rings (SSSR count). The molecular formula is C9H15F2NO4. The minimum Gasteiger partial charge on any atom is -0.481 e. The van der Waals surface area contributed by atoms with Gasteiger partial charge in [0.1, 0.15) is 6.10 Å². The molecule has 0 heterocycles. The molecule has 1 unspecified atom stereocenters. The lowest BCUT2D eigenvalue weighted by Crippen LogP contribution is -2.35. The molecule has 0 aliphatic carbocycles. The van der Waals surface area contributed by atoms with Crippen LogP contribution in [0.25, 0.3) is 0 Å². The predicted octanol–water partition coefficient (Wildman–Crippen LogP) is 0.374. The molecule has 3 N–H and O–H groups in total. The Hall–Kier alpha value is -1.24. The fourth-order valence-corrected chi connectivity index (χ4v) is 0.958. The molecule has 0 bridgehead atoms. The highest BCUT2D eigenvalue weighted by atomic mass is 19.3. The molecule has 5 nitrogen and oxygen atoms in total. The van der Waals surface area contributed by atoms with Gasteiger partial charge in [-0.05, 0) is 12.8 Å². The Morgan fingerprint density at radius 2 is 1.75 bits per heavy atom. The average molecular weight is 239 g/mol. The second kappa shape index (κ2) is 7.98. The van der Waals surface area contributed by atoms with Gasteiger partial charge in [-0.15, -0.1) is 0 Å². The van der Waals surface area contributed by atoms with Crippen molar-refractivity contribution in [3.8, 4) is 0 Å². The highest BCUT2D eigenvalue weighted by molar-refractivity contribution is 5.75. The summed E-state index contributed by atoms with van der Waals surface area (Å²) >= 11 is 0. The predicted molar refractivity (Wildman–Crippen MR) is 51.1 cm³/mol. The first-order valence-electron chi connectivity index (χ1n) is 4.88. The molecule has 0 aliphatic rings. The molecule has 7 heteroatoms. The number of aliphatic hydroxyl groups excluding tert-OH is 1. The SMILES string of the molecule is O=C(O)CCCCC(=O)NCC(O)C(F)F. The highest BCUT2D eigenvalue weighted by Crippen LogP contribution is 2.01. The van der Waals surface area contributed by atoms with Crippen LogP contribution < -0.4 is 5.32 Å². The number of carbonyl (C=O) groups is 2. The van der Waals surface area contributed by atoms with Crippen molar-refractivity contribution in [3.63, 3.8) is 0 Å². The maximum atomic E-state index is 11.8. The summed E-state index contributed by atoms with van der Waals surface area (Å²) < 4.78 is 23.6. The molecule has 16 heavy (non-hydrogen) atoms. The van der Waals surface area contributed by atoms with E-state index in [0.717, 1.165) is 0 Å². The highest BCUT2D eigenvalue weighted by Gasteiger charge is 2.17. The van der Waals surface area contributed by atoms with E-state index in [4.69, 9.17) is 10.2 Å². The van der Waals surface area contributed by atoms with Gasteiger partial charge in [0.05, 0.1) is 0 Å². The summed E-state index contributed by atoms with van der Waals surface area (Å²) in [6.45, 7) is -0.491. The van der Waals surface area contributed by atoms with Crippen LogP contribution in [-0.2, 0) is 9.59 Å². The normalized spacial score (nSPS) is 12.5. The van der Waals surface area contributed by atoms with Gasteiger partial charge in [0.25, 0.3) is 6.43 Å². The second-order valence-electron chi connectivity index (χ2n) is 3.31. The number of aliphatic carboxylic acids is 1. The summed E-state index contributed by atoms with van der Waals surface area (Å²) in [4.78, 5) is 21.1. The fraction of sp³-hybridized carbons (Fsp3) is 0.778. The molecule has 0 fully saturated rings. The van der Waals surface area contributed by atoms with Crippen LogP contribution in [0, 0.1) is 0 Å². The number of hydrogen-bond acceptors (Lipinski definition) is 3. The first-order valence-corrected chi connectivity index (χ1v) is 4.88. The van der Waals surface area contributed by atoms with Gasteiger partial charge in [-0.2, -0.15) is 0 Å². The molecule has 0 spiro atoms. The van der Waals surface area contributed by atoms with Crippen LogP contribution in [0.1, 0.15) is 25.7 Å². The largest absolute Gasteiger partial charge is 0.481 e. The van der Waals surface area contributed by atoms with Gasteiger partial charge in [-0.3, -0.25) is 9.59 Å². The standard InChI is InChI=1S/C9H15F2NO4/c10-9(11)6(13)5-12-7(14)3-1-2-4-8(15)16/h6,9,13H,1-5H2,(H,12,14)(H,15,16). The minimum absolute atomic E-state index is 0.0209. The lowest BCUT2D eigenvalue weighted by atomic mass is 10.2. The van der Waals surface area contributed by atoms with E-state index < -0.39 is 31.0 Å². The Morgan fingerprint density at radius 3 is 2.25 bits per heavy atom. The number of rotatable bonds is 8. The van der Waals surface area contributed by atoms with Gasteiger partial charge in [0.2, 0.25) is 5.91 Å². The van der Waals surface area contributed by atoms with Crippen LogP contribution in [0.4, 0.5) is 8.78 Å². The lowest BCUT2D eigenvalue weighted by molar-refractivity contribution is -0.137. The smallest absolute Gasteiger partial charge is 0.303 e. The minimum atomic E-state index is -2.88. The summed E-state index contributed by atoms with van der Waals surface area (Å²) in [7, 11) is 0. The van der Waals surface area contributed by atoms with Crippen molar-refractivity contribution in [1.29, 1.82) is 0 Å². The van der Waals surface area contributed by atoms with Gasteiger partial charge in [0.15, 0.2) is 0 Å². The van der Waals surface area contributed by atoms with Crippen LogP contribution in [0.2, 0.25) is 0 Å². The molecule has 0 aromatic carbocycles. The lowest BCUT2D eigenvalue weighted by Gasteiger charge is -2.10. The zero-order valence-electron chi connectivity index (χ0n) is 8.66. The number of alkyl halides is 2. The maximum Gasteiger partial charge on any atom is 0.303 e. The summed E-state index contributed by atoms with van der Waals surface area (Å²) in [6, 6.07) is 0. The Balaban J connectivity index is 3.48. The topological polar surface area (TPSA) is 86.6 Å². The van der Waals surface area contributed by atoms with Crippen molar-refractivity contribution in [2.75, 3.05) is 6.54 Å². The quantitative estimate of drug-likeness (QED) is 0.534. The summed E-state index contributed by atoms with van der Waals surface area (Å²) in [5.74, 6) is -1.40. The zero-order chi connectivity index (χ0) is 12.6. The molecule has 0 aliphatic heterocycles. The van der Waals surface area contributed by atoms with Gasteiger partial charge in [0, 0.05) is 19.4 Å². The van der Waals surface area contributed by atoms with E-state index in [-0.39, 0.29) is 12.8 Å². The second-order valence-corrected chi connectivity index (χ2v) is 3.31. The number of aliphatic hydroxyl groups is 1. The number of halogens is 2. The molecule has 94 valence electrons. The van der Waals surface area contributed by atoms with Crippen LogP contribution >= 0.6 is 0 Å². The molecule has 1 amide bonds. The number of nitrogens with one attached hydrogen (secondary N) is 1. The van der Waals surface area contributed by atoms with Gasteiger partial charge >= 0.3 is 5.97 Å². The molecule has 0 aromatic rings. The third kappa shape index (κ3) is 8.10. The number of unbranched alkanes of at least 4 members (excludes halogenated alkanes) is 1. The van der Waals surface area contributed by atoms with Crippen molar-refractivity contribution in [2.24, 2.45) is 0 Å². The van der Waals surface area contributed by atoms with E-state index >= 15 is 0 Å². The number of carbonyl (C=O) groups excluding carboxylic acids is 1. The van der Waals surface area contributed by atoms with Crippen molar-refractivity contribution >= 4 is 11.9 Å². The molecule has 0 saturated heterocycles. The van der Waals surface area contributed by atoms with E-state index in [2.05, 4.69) is 5.32 Å². The third-order valence-electron chi connectivity index (χ3n) is 1.84. The van der Waals surface area contributed by atoms with Crippen molar-refractivity contribution in [3.05, 3.63) is 0 Å². The van der Waals surface area contributed by atoms with Crippen molar-refractivity contribution < 1.29 is 28.6 Å². The monoisotopic (exact) mass is 239 g/mol. The molecular weight excluding hydrogens is 224 g/mol. The van der Waals surface area contributed by atoms with Gasteiger partial charge < -0.3 is 15.5 Å². The van der Waals surface area contributed by atoms with Crippen molar-refractivity contribution in [2.45, 2.75) is 38.2 Å². The Morgan fingerprint density at radius 1 is 1.19 bits per heavy atom. The van der Waals surface area contributed by atoms with E-state index in [1.807, 2.05) is 0 Å². The van der Waals surface area contributed by atoms with Crippen LogP contribution in [0.5, 0.6) is 0 Å². The molecule has 0 radical (unpaired) electrons. The fourth-order valence-electron chi connectivity index (χ4n) is 0.958. The van der Waals surface area contributed by atoms with Crippen LogP contribution in [-0.4, -0.2) is 41.2 Å². The van der Waals surface area contributed by atoms with E-state index in [0.29, 0.717) is 12.8 Å². The van der Waals surface area contributed by atoms with E-state index in [1.165, 1.54) is 0 Å². The van der Waals surface area contributed by atoms with Gasteiger partial charge in [-0.1, -0.05) is 0 Å². The molecule has 0 aromatic heterocycles. The van der Waals surface area contributed by atoms with E-state index in [1.54, 1.807) is 0 Å². The average Bonchev–Trinajstić information content (AvgIpc) is 2.20. The third-order valence-corrected chi connectivity index (χ3v) is 1.84. The zero-order valence-corrected chi connectivity index (χ0v) is 8.66. The summed E-state index contributed by atoms with van der Waals surface area (Å²) in [6.07, 6.45) is -3.95. The summed E-state index contributed by atoms with van der Waals surface area (Å²) in [5, 5.41) is 19.1. The number of carboxylic acid groups (broad SMARTS) is 1. The molecule has 0 saturated carbocycles. The number of carboxylic acids is 1. The number of hydrogen-bond donors (Lipinski definition) is 3. The van der Waals surface area contributed by atoms with Gasteiger partial charge in [-0.25, -0.2) is 8.78 Å². The Bertz CT molecular complexity index is 236. The van der Waals surface area contributed by atoms with Crippen molar-refractivity contribution in [1.82, 2.24) is 5.32 Å². The van der Waals surface area contributed by atoms with Crippen LogP contribution in [0.15, 0.2) is 0 Å². The Labute approximate surface area is 91.5 Å². The first-order chi connectivity index (χ1) is 7.43. The van der Waals surface area contributed by atoms with E-state index in [9.17, 15) is 18.4 Å². The maximum absolute atomic E-state index is 11.8. The number of amides is 1. The first kappa shape index (κ1) is 14.8. The van der Waals surface area contributed by atoms with Crippen LogP contribution in [0.3, 0.4) is 0 Å². The molecule has 1 atom stereocenters. The summed E-state index contributed by atoms with van der Waals surface area (Å²) in [5.41, 5.74) is 0.